The summed E-state index contributed by atoms with van der Waals surface area (Å²) in [4.78, 5) is 10.6. The van der Waals surface area contributed by atoms with E-state index in [1.165, 1.54) is 6.92 Å². The van der Waals surface area contributed by atoms with Crippen molar-refractivity contribution in [3.8, 4) is 12.1 Å². The maximum absolute atomic E-state index is 10.6. The van der Waals surface area contributed by atoms with Gasteiger partial charge in [-0.2, -0.15) is 15.6 Å². The van der Waals surface area contributed by atoms with Crippen LogP contribution in [0, 0.1) is 22.7 Å². The van der Waals surface area contributed by atoms with E-state index in [0.717, 1.165) is 0 Å². The quantitative estimate of drug-likeness (QED) is 0.631. The number of nitrogens with zero attached hydrogens (tertiary/aromatic N) is 3. The second-order valence-corrected chi connectivity index (χ2v) is 2.23. The third-order valence-electron chi connectivity index (χ3n) is 1.28. The molecule has 2 N–H and O–H groups in total. The summed E-state index contributed by atoms with van der Waals surface area (Å²) in [5.41, 5.74) is 0.101. The largest absolute Gasteiger partial charge is 0.308 e. The molecule has 0 aromatic carbocycles. The van der Waals surface area contributed by atoms with E-state index in [1.54, 1.807) is 12.1 Å². The topological polar surface area (TPSA) is 105 Å². The van der Waals surface area contributed by atoms with Gasteiger partial charge in [-0.15, -0.1) is 0 Å². The van der Waals surface area contributed by atoms with Gasteiger partial charge in [0, 0.05) is 6.92 Å². The van der Waals surface area contributed by atoms with E-state index in [1.807, 2.05) is 0 Å². The van der Waals surface area contributed by atoms with Crippen molar-refractivity contribution in [3.05, 3.63) is 11.3 Å². The van der Waals surface area contributed by atoms with Gasteiger partial charge >= 0.3 is 0 Å². The molecule has 6 heteroatoms. The minimum absolute atomic E-state index is 0.0475. The van der Waals surface area contributed by atoms with Crippen LogP contribution in [0.25, 0.3) is 0 Å². The number of nitriles is 2. The summed E-state index contributed by atoms with van der Waals surface area (Å²) in [5, 5.41) is 25.4. The molecular weight excluding hydrogens is 170 g/mol. The first-order valence-corrected chi connectivity index (χ1v) is 3.35. The molecule has 0 fully saturated rings. The Morgan fingerprint density at radius 1 is 1.54 bits per heavy atom. The van der Waals surface area contributed by atoms with Crippen molar-refractivity contribution in [1.82, 2.24) is 10.2 Å². The van der Waals surface area contributed by atoms with Crippen molar-refractivity contribution in [2.24, 2.45) is 0 Å². The SMILES string of the molecule is CC(=O)Nc1n[nH]c(C#N)c1C#N. The molecule has 0 bridgehead atoms. The van der Waals surface area contributed by atoms with E-state index in [2.05, 4.69) is 15.5 Å². The monoisotopic (exact) mass is 175 g/mol. The molecule has 0 unspecified atom stereocenters. The summed E-state index contributed by atoms with van der Waals surface area (Å²) in [6, 6.07) is 3.52. The number of rotatable bonds is 1. The van der Waals surface area contributed by atoms with Crippen molar-refractivity contribution in [2.75, 3.05) is 5.32 Å². The van der Waals surface area contributed by atoms with E-state index < -0.39 is 0 Å². The van der Waals surface area contributed by atoms with Gasteiger partial charge in [-0.1, -0.05) is 0 Å². The van der Waals surface area contributed by atoms with Crippen molar-refractivity contribution in [2.45, 2.75) is 6.92 Å². The maximum Gasteiger partial charge on any atom is 0.222 e. The lowest BCUT2D eigenvalue weighted by Gasteiger charge is -1.94. The Bertz CT molecular complexity index is 419. The highest BCUT2D eigenvalue weighted by atomic mass is 16.1. The minimum Gasteiger partial charge on any atom is -0.308 e. The van der Waals surface area contributed by atoms with Crippen LogP contribution in [-0.2, 0) is 4.79 Å². The highest BCUT2D eigenvalue weighted by Crippen LogP contribution is 2.13. The number of hydrogen-bond donors (Lipinski definition) is 2. The highest BCUT2D eigenvalue weighted by molar-refractivity contribution is 5.89. The molecule has 1 aromatic heterocycles. The van der Waals surface area contributed by atoms with Crippen LogP contribution >= 0.6 is 0 Å². The molecule has 1 amide bonds. The first kappa shape index (κ1) is 8.75. The zero-order chi connectivity index (χ0) is 9.84. The van der Waals surface area contributed by atoms with Gasteiger partial charge in [-0.25, -0.2) is 0 Å². The number of amides is 1. The predicted octanol–water partition coefficient (Wildman–Crippen LogP) is 0.111. The molecule has 13 heavy (non-hydrogen) atoms. The predicted molar refractivity (Wildman–Crippen MR) is 42.3 cm³/mol. The molecule has 1 rings (SSSR count). The van der Waals surface area contributed by atoms with Gasteiger partial charge in [0.2, 0.25) is 5.91 Å². The van der Waals surface area contributed by atoms with Gasteiger partial charge in [0.25, 0.3) is 0 Å². The van der Waals surface area contributed by atoms with Crippen molar-refractivity contribution >= 4 is 11.7 Å². The summed E-state index contributed by atoms with van der Waals surface area (Å²) in [5.74, 6) is -0.251. The summed E-state index contributed by atoms with van der Waals surface area (Å²) in [7, 11) is 0. The number of hydrogen-bond acceptors (Lipinski definition) is 4. The Labute approximate surface area is 73.8 Å². The number of H-pyrrole nitrogens is 1. The average Bonchev–Trinajstić information content (AvgIpc) is 2.45. The van der Waals surface area contributed by atoms with Crippen LogP contribution in [0.3, 0.4) is 0 Å². The van der Waals surface area contributed by atoms with E-state index in [4.69, 9.17) is 10.5 Å². The number of carbonyl (C=O) groups excluding carboxylic acids is 1. The number of nitrogens with one attached hydrogen (secondary N) is 2. The molecule has 0 saturated heterocycles. The highest BCUT2D eigenvalue weighted by Gasteiger charge is 2.12. The standard InChI is InChI=1S/C7H5N5O/c1-4(13)10-7-5(2-8)6(3-9)11-12-7/h1H3,(H2,10,11,12,13). The second-order valence-electron chi connectivity index (χ2n) is 2.23. The molecule has 0 spiro atoms. The lowest BCUT2D eigenvalue weighted by molar-refractivity contribution is -0.114. The molecule has 0 aliphatic carbocycles. The summed E-state index contributed by atoms with van der Waals surface area (Å²) < 4.78 is 0. The summed E-state index contributed by atoms with van der Waals surface area (Å²) in [6.45, 7) is 1.29. The lowest BCUT2D eigenvalue weighted by atomic mass is 10.2. The molecule has 0 aliphatic rings. The third-order valence-corrected chi connectivity index (χ3v) is 1.28. The number of carbonyl (C=O) groups is 1. The fourth-order valence-corrected chi connectivity index (χ4v) is 0.789. The fourth-order valence-electron chi connectivity index (χ4n) is 0.789. The van der Waals surface area contributed by atoms with Crippen molar-refractivity contribution < 1.29 is 4.79 Å². The second kappa shape index (κ2) is 3.37. The summed E-state index contributed by atoms with van der Waals surface area (Å²) in [6.07, 6.45) is 0. The Morgan fingerprint density at radius 3 is 2.69 bits per heavy atom. The minimum atomic E-state index is -0.340. The van der Waals surface area contributed by atoms with Crippen LogP contribution in [0.5, 0.6) is 0 Å². The first-order valence-electron chi connectivity index (χ1n) is 3.35. The molecule has 1 heterocycles. The van der Waals surface area contributed by atoms with Gasteiger partial charge < -0.3 is 5.32 Å². The third kappa shape index (κ3) is 1.63. The van der Waals surface area contributed by atoms with Crippen LogP contribution in [0.4, 0.5) is 5.82 Å². The Balaban J connectivity index is 3.12. The van der Waals surface area contributed by atoms with Crippen LogP contribution in [0.2, 0.25) is 0 Å². The van der Waals surface area contributed by atoms with Crippen molar-refractivity contribution in [1.29, 1.82) is 10.5 Å². The molecule has 64 valence electrons. The molecule has 0 radical (unpaired) electrons. The Kier molecular flexibility index (Phi) is 2.27. The van der Waals surface area contributed by atoms with Gasteiger partial charge in [0.05, 0.1) is 0 Å². The van der Waals surface area contributed by atoms with E-state index in [0.29, 0.717) is 0 Å². The van der Waals surface area contributed by atoms with Crippen LogP contribution in [0.15, 0.2) is 0 Å². The number of aromatic amines is 1. The summed E-state index contributed by atoms with van der Waals surface area (Å²) >= 11 is 0. The zero-order valence-corrected chi connectivity index (χ0v) is 6.75. The van der Waals surface area contributed by atoms with E-state index in [9.17, 15) is 4.79 Å². The normalized spacial score (nSPS) is 8.54. The smallest absolute Gasteiger partial charge is 0.222 e. The fraction of sp³-hybridized carbons (Fsp3) is 0.143. The number of anilines is 1. The van der Waals surface area contributed by atoms with Crippen LogP contribution < -0.4 is 5.32 Å². The maximum atomic E-state index is 10.6. The lowest BCUT2D eigenvalue weighted by Crippen LogP contribution is -2.07. The van der Waals surface area contributed by atoms with Gasteiger partial charge in [-0.05, 0) is 0 Å². The van der Waals surface area contributed by atoms with Crippen molar-refractivity contribution in [3.63, 3.8) is 0 Å². The zero-order valence-electron chi connectivity index (χ0n) is 6.75. The van der Waals surface area contributed by atoms with E-state index in [-0.39, 0.29) is 23.0 Å². The average molecular weight is 175 g/mol. The van der Waals surface area contributed by atoms with Gasteiger partial charge in [-0.3, -0.25) is 9.89 Å². The molecular formula is C7H5N5O. The molecule has 0 saturated carbocycles. The van der Waals surface area contributed by atoms with Gasteiger partial charge in [0.15, 0.2) is 11.5 Å². The molecule has 6 nitrogen and oxygen atoms in total. The Hall–Kier alpha value is -2.34. The number of aromatic nitrogens is 2. The van der Waals surface area contributed by atoms with E-state index >= 15 is 0 Å². The van der Waals surface area contributed by atoms with Crippen LogP contribution in [0.1, 0.15) is 18.2 Å². The molecule has 0 atom stereocenters. The Morgan fingerprint density at radius 2 is 2.23 bits per heavy atom. The molecule has 0 aliphatic heterocycles. The van der Waals surface area contributed by atoms with Crippen LogP contribution in [-0.4, -0.2) is 16.1 Å². The molecule has 1 aromatic rings. The van der Waals surface area contributed by atoms with Gasteiger partial charge in [0.1, 0.15) is 17.7 Å². The first-order chi connectivity index (χ1) is 6.19.